The highest BCUT2D eigenvalue weighted by atomic mass is 31.2. The van der Waals surface area contributed by atoms with E-state index < -0.39 is 21.4 Å². The highest BCUT2D eigenvalue weighted by molar-refractivity contribution is 7.86. The van der Waals surface area contributed by atoms with Crippen LogP contribution in [0.25, 0.3) is 88.6 Å². The Kier molecular flexibility index (Phi) is 13.9. The summed E-state index contributed by atoms with van der Waals surface area (Å²) in [5.74, 6) is 0. The van der Waals surface area contributed by atoms with Crippen molar-refractivity contribution in [3.05, 3.63) is 322 Å². The van der Waals surface area contributed by atoms with Gasteiger partial charge in [0, 0.05) is 91.5 Å². The fourth-order valence-electron chi connectivity index (χ4n) is 12.1. The molecule has 0 spiro atoms. The predicted molar refractivity (Wildman–Crippen MR) is 368 cm³/mol. The van der Waals surface area contributed by atoms with E-state index in [4.69, 9.17) is 19.9 Å². The quantitative estimate of drug-likeness (QED) is 0.0837. The zero-order valence-corrected chi connectivity index (χ0v) is 50.1. The lowest BCUT2D eigenvalue weighted by atomic mass is 10.0. The molecule has 15 aromatic rings. The Morgan fingerprint density at radius 2 is 0.386 bits per heavy atom. The number of aromatic nitrogens is 4. The molecule has 15 rings (SSSR count). The minimum Gasteiger partial charge on any atom is -0.309 e. The number of rotatable bonds is 13. The number of nitrogens with zero attached hydrogens (tertiary/aromatic N) is 4. The van der Waals surface area contributed by atoms with E-state index in [1.807, 2.05) is 267 Å². The van der Waals surface area contributed by atoms with Gasteiger partial charge in [0.25, 0.3) is 0 Å². The SMILES string of the molecule is O=P(c1ccccc1)(c1ccccc1)c1ccc(-c2ccc3ccc4ccc(-c5cc(-c6ccc7ccc8ccc(-c9ccc(P(=O)(c%10ccccc%10)c%10ccccc%10)cc9)nc8c7n6)cc(P(=O)(c6ccccc6)c6ccccc6)c5)nc4c3n2)cc1. The number of hydrogen-bond acceptors (Lipinski definition) is 7. The second-order valence-electron chi connectivity index (χ2n) is 21.9. The molecule has 7 nitrogen and oxygen atoms in total. The zero-order chi connectivity index (χ0) is 59.2. The van der Waals surface area contributed by atoms with Crippen LogP contribution in [0.3, 0.4) is 0 Å². The van der Waals surface area contributed by atoms with E-state index in [-0.39, 0.29) is 0 Å². The molecule has 88 heavy (non-hydrogen) atoms. The molecule has 0 radical (unpaired) electrons. The molecule has 4 aromatic heterocycles. The largest absolute Gasteiger partial charge is 0.309 e. The van der Waals surface area contributed by atoms with Crippen LogP contribution in [0.5, 0.6) is 0 Å². The summed E-state index contributed by atoms with van der Waals surface area (Å²) >= 11 is 0. The fraction of sp³-hybridized carbons (Fsp3) is 0. The summed E-state index contributed by atoms with van der Waals surface area (Å²) in [6.07, 6.45) is 0. The van der Waals surface area contributed by atoms with Crippen molar-refractivity contribution in [1.29, 1.82) is 0 Å². The van der Waals surface area contributed by atoms with E-state index in [0.717, 1.165) is 109 Å². The van der Waals surface area contributed by atoms with Gasteiger partial charge in [-0.3, -0.25) is 0 Å². The van der Waals surface area contributed by atoms with E-state index >= 15 is 13.7 Å². The molecule has 0 amide bonds. The maximum atomic E-state index is 16.5. The van der Waals surface area contributed by atoms with Crippen LogP contribution in [0.2, 0.25) is 0 Å². The lowest BCUT2D eigenvalue weighted by Crippen LogP contribution is -2.25. The molecule has 418 valence electrons. The monoisotopic (exact) mass is 1190 g/mol. The average molecular weight is 1190 g/mol. The van der Waals surface area contributed by atoms with Gasteiger partial charge in [-0.25, -0.2) is 19.9 Å². The summed E-state index contributed by atoms with van der Waals surface area (Å²) in [5, 5.41) is 10.3. The summed E-state index contributed by atoms with van der Waals surface area (Å²) in [5.41, 5.74) is 9.08. The van der Waals surface area contributed by atoms with E-state index in [0.29, 0.717) is 27.3 Å². The third-order valence-corrected chi connectivity index (χ3v) is 25.9. The van der Waals surface area contributed by atoms with Crippen molar-refractivity contribution in [3.63, 3.8) is 0 Å². The molecule has 11 aromatic carbocycles. The van der Waals surface area contributed by atoms with Gasteiger partial charge in [0.05, 0.1) is 44.8 Å². The van der Waals surface area contributed by atoms with Crippen molar-refractivity contribution in [3.8, 4) is 45.0 Å². The van der Waals surface area contributed by atoms with Gasteiger partial charge in [-0.15, -0.1) is 0 Å². The van der Waals surface area contributed by atoms with Crippen molar-refractivity contribution in [2.75, 3.05) is 0 Å². The number of fused-ring (bicyclic) bond motifs is 6. The van der Waals surface area contributed by atoms with Crippen molar-refractivity contribution >= 4 is 113 Å². The molecule has 0 unspecified atom stereocenters. The lowest BCUT2D eigenvalue weighted by Gasteiger charge is -2.22. The third-order valence-electron chi connectivity index (χ3n) is 16.7. The molecule has 0 aliphatic heterocycles. The van der Waals surface area contributed by atoms with Crippen molar-refractivity contribution < 1.29 is 13.7 Å². The Bertz CT molecular complexity index is 4860. The smallest absolute Gasteiger partial charge is 0.171 e. The standard InChI is InChI=1S/C78H53N4O3P3/c83-86(62-19-7-1-8-20-62,63-21-9-2-10-22-63)68-43-35-54(36-44-68)71-47-39-56-31-33-58-41-49-73(81-77(58)75(56)79-71)60-51-61(53-70(52-60)88(85,66-27-15-5-16-28-66)67-29-17-6-18-30-67)74-50-42-59-34-32-57-40-48-72(80-76(57)78(59)82-74)55-37-45-69(46-38-55)87(84,64-23-11-3-12-24-64)65-25-13-4-14-26-65/h1-53H. The fourth-order valence-corrected chi connectivity index (χ4v) is 20.1. The number of hydrogen-bond donors (Lipinski definition) is 0. The first kappa shape index (κ1) is 54.4. The summed E-state index contributed by atoms with van der Waals surface area (Å²) in [4.78, 5) is 21.6. The lowest BCUT2D eigenvalue weighted by molar-refractivity contribution is 0.591. The van der Waals surface area contributed by atoms with Gasteiger partial charge in [-0.05, 0) is 42.5 Å². The van der Waals surface area contributed by atoms with Gasteiger partial charge in [-0.2, -0.15) is 0 Å². The first-order valence-corrected chi connectivity index (χ1v) is 34.3. The highest BCUT2D eigenvalue weighted by Gasteiger charge is 2.33. The molecule has 10 heteroatoms. The van der Waals surface area contributed by atoms with Crippen molar-refractivity contribution in [1.82, 2.24) is 19.9 Å². The molecular weight excluding hydrogens is 1130 g/mol. The molecule has 0 aliphatic carbocycles. The number of pyridine rings is 4. The van der Waals surface area contributed by atoms with Gasteiger partial charge in [0.2, 0.25) is 0 Å². The van der Waals surface area contributed by atoms with Crippen LogP contribution in [0.15, 0.2) is 322 Å². The minimum atomic E-state index is -3.54. The molecular formula is C78H53N4O3P3. The van der Waals surface area contributed by atoms with E-state index in [1.165, 1.54) is 0 Å². The summed E-state index contributed by atoms with van der Waals surface area (Å²) in [6, 6.07) is 105. The van der Waals surface area contributed by atoms with Crippen LogP contribution < -0.4 is 47.7 Å². The Labute approximate surface area is 509 Å². The predicted octanol–water partition coefficient (Wildman–Crippen LogP) is 15.5. The Morgan fingerprint density at radius 3 is 0.636 bits per heavy atom. The molecule has 0 atom stereocenters. The van der Waals surface area contributed by atoms with Gasteiger partial charge < -0.3 is 13.7 Å². The van der Waals surface area contributed by atoms with Gasteiger partial charge in [-0.1, -0.05) is 279 Å². The van der Waals surface area contributed by atoms with Crippen LogP contribution >= 0.6 is 21.4 Å². The maximum Gasteiger partial charge on any atom is 0.171 e. The third kappa shape index (κ3) is 9.62. The van der Waals surface area contributed by atoms with Gasteiger partial charge >= 0.3 is 0 Å². The second-order valence-corrected chi connectivity index (χ2v) is 30.2. The number of benzene rings is 11. The molecule has 0 bridgehead atoms. The van der Waals surface area contributed by atoms with Crippen LogP contribution in [0.4, 0.5) is 0 Å². The molecule has 0 saturated carbocycles. The van der Waals surface area contributed by atoms with E-state index in [2.05, 4.69) is 54.6 Å². The zero-order valence-electron chi connectivity index (χ0n) is 47.5. The molecule has 4 heterocycles. The Balaban J connectivity index is 0.849. The van der Waals surface area contributed by atoms with E-state index in [1.54, 1.807) is 0 Å². The normalized spacial score (nSPS) is 12.0. The molecule has 0 saturated heterocycles. The van der Waals surface area contributed by atoms with Crippen LogP contribution in [-0.2, 0) is 13.7 Å². The van der Waals surface area contributed by atoms with Crippen LogP contribution in [-0.4, -0.2) is 19.9 Å². The molecule has 0 N–H and O–H groups in total. The molecule has 0 fully saturated rings. The first-order valence-electron chi connectivity index (χ1n) is 29.2. The topological polar surface area (TPSA) is 103 Å². The minimum absolute atomic E-state index is 0.637. The summed E-state index contributed by atoms with van der Waals surface area (Å²) in [6.45, 7) is 0. The summed E-state index contributed by atoms with van der Waals surface area (Å²) in [7, 11) is -9.91. The van der Waals surface area contributed by atoms with Crippen LogP contribution in [0, 0.1) is 0 Å². The Morgan fingerprint density at radius 1 is 0.182 bits per heavy atom. The van der Waals surface area contributed by atoms with E-state index in [9.17, 15) is 0 Å². The molecule has 0 aliphatic rings. The van der Waals surface area contributed by atoms with Gasteiger partial charge in [0.15, 0.2) is 21.4 Å². The van der Waals surface area contributed by atoms with Crippen molar-refractivity contribution in [2.24, 2.45) is 0 Å². The maximum absolute atomic E-state index is 16.5. The summed E-state index contributed by atoms with van der Waals surface area (Å²) < 4.78 is 47.0. The Hall–Kier alpha value is -10.3. The first-order chi connectivity index (χ1) is 43.2. The van der Waals surface area contributed by atoms with Gasteiger partial charge in [0.1, 0.15) is 0 Å². The van der Waals surface area contributed by atoms with Crippen LogP contribution in [0.1, 0.15) is 0 Å². The second kappa shape index (κ2) is 22.5. The average Bonchev–Trinajstić information content (AvgIpc) is 2.24. The highest BCUT2D eigenvalue weighted by Crippen LogP contribution is 2.46. The van der Waals surface area contributed by atoms with Crippen molar-refractivity contribution in [2.45, 2.75) is 0 Å².